The van der Waals surface area contributed by atoms with Crippen LogP contribution in [-0.4, -0.2) is 60.0 Å². The third kappa shape index (κ3) is 3.20. The normalized spacial score (nSPS) is 19.2. The molecule has 2 fully saturated rings. The fraction of sp³-hybridized carbons (Fsp3) is 0.444. The summed E-state index contributed by atoms with van der Waals surface area (Å²) < 4.78 is 5.87. The van der Waals surface area contributed by atoms with Gasteiger partial charge in [0.25, 0.3) is 0 Å². The maximum Gasteiger partial charge on any atom is 0.228 e. The average molecular weight is 326 g/mol. The number of amides is 1. The van der Waals surface area contributed by atoms with Gasteiger partial charge in [-0.1, -0.05) is 30.3 Å². The fourth-order valence-electron chi connectivity index (χ4n) is 3.16. The van der Waals surface area contributed by atoms with Gasteiger partial charge in [0.05, 0.1) is 18.7 Å². The molecule has 1 aromatic heterocycles. The molecule has 1 N–H and O–H groups in total. The quantitative estimate of drug-likeness (QED) is 0.915. The third-order valence-corrected chi connectivity index (χ3v) is 4.79. The monoisotopic (exact) mass is 326 g/mol. The van der Waals surface area contributed by atoms with Crippen LogP contribution in [0.5, 0.6) is 0 Å². The molecule has 0 bridgehead atoms. The minimum Gasteiger partial charge on any atom is -0.439 e. The largest absolute Gasteiger partial charge is 0.439 e. The standard InChI is InChI=1S/C18H22N4O2/c23-18(15-10-19-11-15)22-8-6-21(7-9-22)13-17-20-12-16(24-17)14-4-2-1-3-5-14/h1-5,12,15,19H,6-11,13H2. The topological polar surface area (TPSA) is 61.6 Å². The molecule has 6 heteroatoms. The molecule has 0 spiro atoms. The number of nitrogens with zero attached hydrogens (tertiary/aromatic N) is 3. The Morgan fingerprint density at radius 1 is 1.17 bits per heavy atom. The highest BCUT2D eigenvalue weighted by molar-refractivity contribution is 5.80. The van der Waals surface area contributed by atoms with Crippen LogP contribution in [0.25, 0.3) is 11.3 Å². The van der Waals surface area contributed by atoms with Crippen molar-refractivity contribution in [1.29, 1.82) is 0 Å². The van der Waals surface area contributed by atoms with E-state index in [2.05, 4.69) is 15.2 Å². The van der Waals surface area contributed by atoms with Gasteiger partial charge in [0.1, 0.15) is 0 Å². The van der Waals surface area contributed by atoms with Gasteiger partial charge >= 0.3 is 0 Å². The van der Waals surface area contributed by atoms with Crippen LogP contribution in [-0.2, 0) is 11.3 Å². The summed E-state index contributed by atoms with van der Waals surface area (Å²) in [5.41, 5.74) is 1.04. The van der Waals surface area contributed by atoms with Gasteiger partial charge in [0, 0.05) is 44.8 Å². The highest BCUT2D eigenvalue weighted by Crippen LogP contribution is 2.21. The third-order valence-electron chi connectivity index (χ3n) is 4.79. The van der Waals surface area contributed by atoms with E-state index in [1.54, 1.807) is 6.20 Å². The summed E-state index contributed by atoms with van der Waals surface area (Å²) in [5, 5.41) is 3.16. The Bertz CT molecular complexity index is 688. The highest BCUT2D eigenvalue weighted by Gasteiger charge is 2.31. The molecular weight excluding hydrogens is 304 g/mol. The molecule has 24 heavy (non-hydrogen) atoms. The second kappa shape index (κ2) is 6.75. The second-order valence-electron chi connectivity index (χ2n) is 6.44. The second-order valence-corrected chi connectivity index (χ2v) is 6.44. The number of carbonyl (C=O) groups excluding carboxylic acids is 1. The summed E-state index contributed by atoms with van der Waals surface area (Å²) in [7, 11) is 0. The molecule has 0 saturated carbocycles. The summed E-state index contributed by atoms with van der Waals surface area (Å²) >= 11 is 0. The number of carbonyl (C=O) groups is 1. The number of benzene rings is 1. The fourth-order valence-corrected chi connectivity index (χ4v) is 3.16. The number of oxazole rings is 1. The summed E-state index contributed by atoms with van der Waals surface area (Å²) in [6.07, 6.45) is 1.79. The van der Waals surface area contributed by atoms with E-state index in [9.17, 15) is 4.79 Å². The number of hydrogen-bond donors (Lipinski definition) is 1. The lowest BCUT2D eigenvalue weighted by Gasteiger charge is -2.38. The van der Waals surface area contributed by atoms with Gasteiger partial charge in [0.2, 0.25) is 11.8 Å². The van der Waals surface area contributed by atoms with Crippen LogP contribution in [0.2, 0.25) is 0 Å². The number of nitrogens with one attached hydrogen (secondary N) is 1. The predicted molar refractivity (Wildman–Crippen MR) is 90.2 cm³/mol. The van der Waals surface area contributed by atoms with Crippen LogP contribution in [0.3, 0.4) is 0 Å². The first-order valence-electron chi connectivity index (χ1n) is 8.51. The van der Waals surface area contributed by atoms with Crippen molar-refractivity contribution in [3.05, 3.63) is 42.4 Å². The van der Waals surface area contributed by atoms with E-state index in [0.717, 1.165) is 56.5 Å². The van der Waals surface area contributed by atoms with Crippen LogP contribution in [0.1, 0.15) is 5.89 Å². The lowest BCUT2D eigenvalue weighted by molar-refractivity contribution is -0.138. The van der Waals surface area contributed by atoms with E-state index >= 15 is 0 Å². The summed E-state index contributed by atoms with van der Waals surface area (Å²) in [5.74, 6) is 2.03. The molecule has 0 unspecified atom stereocenters. The maximum atomic E-state index is 12.2. The number of rotatable bonds is 4. The van der Waals surface area contributed by atoms with Crippen LogP contribution < -0.4 is 5.32 Å². The number of aromatic nitrogens is 1. The highest BCUT2D eigenvalue weighted by atomic mass is 16.4. The minimum absolute atomic E-state index is 0.191. The van der Waals surface area contributed by atoms with Crippen LogP contribution in [0.4, 0.5) is 0 Å². The summed E-state index contributed by atoms with van der Waals surface area (Å²) in [6, 6.07) is 10.0. The van der Waals surface area contributed by atoms with Gasteiger partial charge in [-0.3, -0.25) is 9.69 Å². The predicted octanol–water partition coefficient (Wildman–Crippen LogP) is 1.21. The molecule has 4 rings (SSSR count). The van der Waals surface area contributed by atoms with E-state index in [0.29, 0.717) is 12.5 Å². The zero-order chi connectivity index (χ0) is 16.4. The van der Waals surface area contributed by atoms with Crippen molar-refractivity contribution in [3.8, 4) is 11.3 Å². The Morgan fingerprint density at radius 2 is 1.92 bits per heavy atom. The Kier molecular flexibility index (Phi) is 4.32. The maximum absolute atomic E-state index is 12.2. The van der Waals surface area contributed by atoms with Crippen molar-refractivity contribution >= 4 is 5.91 Å². The minimum atomic E-state index is 0.191. The Balaban J connectivity index is 1.31. The molecule has 1 amide bonds. The van der Waals surface area contributed by atoms with Crippen molar-refractivity contribution in [2.24, 2.45) is 5.92 Å². The molecule has 3 heterocycles. The zero-order valence-corrected chi connectivity index (χ0v) is 13.6. The molecule has 0 aliphatic carbocycles. The van der Waals surface area contributed by atoms with Crippen LogP contribution in [0, 0.1) is 5.92 Å². The van der Waals surface area contributed by atoms with Crippen molar-refractivity contribution in [3.63, 3.8) is 0 Å². The van der Waals surface area contributed by atoms with Gasteiger partial charge in [-0.25, -0.2) is 4.98 Å². The molecule has 2 aromatic rings. The van der Waals surface area contributed by atoms with Crippen LogP contribution in [0.15, 0.2) is 40.9 Å². The molecular formula is C18H22N4O2. The van der Waals surface area contributed by atoms with E-state index in [-0.39, 0.29) is 5.92 Å². The lowest BCUT2D eigenvalue weighted by atomic mass is 10.0. The van der Waals surface area contributed by atoms with Gasteiger partial charge < -0.3 is 14.6 Å². The Hall–Kier alpha value is -2.18. The molecule has 2 aliphatic heterocycles. The van der Waals surface area contributed by atoms with Gasteiger partial charge in [-0.2, -0.15) is 0 Å². The molecule has 2 saturated heterocycles. The van der Waals surface area contributed by atoms with Crippen LogP contribution >= 0.6 is 0 Å². The molecule has 6 nitrogen and oxygen atoms in total. The van der Waals surface area contributed by atoms with Gasteiger partial charge in [0.15, 0.2) is 5.76 Å². The van der Waals surface area contributed by atoms with Crippen molar-refractivity contribution < 1.29 is 9.21 Å². The first-order valence-corrected chi connectivity index (χ1v) is 8.51. The Labute approximate surface area is 141 Å². The lowest BCUT2D eigenvalue weighted by Crippen LogP contribution is -2.56. The smallest absolute Gasteiger partial charge is 0.228 e. The zero-order valence-electron chi connectivity index (χ0n) is 13.6. The van der Waals surface area contributed by atoms with Crippen molar-refractivity contribution in [2.45, 2.75) is 6.54 Å². The SMILES string of the molecule is O=C(C1CNC1)N1CCN(Cc2ncc(-c3ccccc3)o2)CC1. The van der Waals surface area contributed by atoms with E-state index in [1.165, 1.54) is 0 Å². The van der Waals surface area contributed by atoms with E-state index in [1.807, 2.05) is 35.2 Å². The number of hydrogen-bond acceptors (Lipinski definition) is 5. The van der Waals surface area contributed by atoms with Gasteiger partial charge in [-0.05, 0) is 0 Å². The molecule has 1 aromatic carbocycles. The molecule has 2 aliphatic rings. The summed E-state index contributed by atoms with van der Waals surface area (Å²) in [4.78, 5) is 20.9. The van der Waals surface area contributed by atoms with Crippen molar-refractivity contribution in [1.82, 2.24) is 20.1 Å². The van der Waals surface area contributed by atoms with E-state index < -0.39 is 0 Å². The first-order chi connectivity index (χ1) is 11.8. The Morgan fingerprint density at radius 3 is 2.58 bits per heavy atom. The average Bonchev–Trinajstić information content (AvgIpc) is 3.03. The molecule has 126 valence electrons. The first kappa shape index (κ1) is 15.4. The summed E-state index contributed by atoms with van der Waals surface area (Å²) in [6.45, 7) is 5.68. The molecule has 0 radical (unpaired) electrons. The van der Waals surface area contributed by atoms with Gasteiger partial charge in [-0.15, -0.1) is 0 Å². The van der Waals surface area contributed by atoms with Crippen molar-refractivity contribution in [2.75, 3.05) is 39.3 Å². The number of piperazine rings is 1. The van der Waals surface area contributed by atoms with E-state index in [4.69, 9.17) is 4.42 Å². The molecule has 0 atom stereocenters.